The Balaban J connectivity index is 2.59. The average molecular weight is 225 g/mol. The minimum absolute atomic E-state index is 0.0822. The highest BCUT2D eigenvalue weighted by atomic mass is 16.5. The van der Waals surface area contributed by atoms with E-state index in [1.165, 1.54) is 18.3 Å². The van der Waals surface area contributed by atoms with E-state index in [2.05, 4.69) is 21.7 Å². The lowest BCUT2D eigenvalue weighted by molar-refractivity contribution is -0.137. The number of amides is 1. The zero-order valence-electron chi connectivity index (χ0n) is 8.42. The highest BCUT2D eigenvalue weighted by Crippen LogP contribution is 2.06. The molecule has 1 rings (SSSR count). The lowest BCUT2D eigenvalue weighted by Crippen LogP contribution is -2.19. The van der Waals surface area contributed by atoms with Crippen LogP contribution in [0.4, 0.5) is 10.6 Å². The van der Waals surface area contributed by atoms with E-state index in [0.717, 1.165) is 4.68 Å². The van der Waals surface area contributed by atoms with Gasteiger partial charge in [-0.05, 0) is 0 Å². The number of carbonyl (C=O) groups is 2. The molecule has 1 heterocycles. The number of nitrogens with zero attached hydrogens (tertiary/aromatic N) is 2. The smallest absolute Gasteiger partial charge is 0.413 e. The van der Waals surface area contributed by atoms with E-state index in [-0.39, 0.29) is 19.0 Å². The third-order valence-electron chi connectivity index (χ3n) is 1.56. The van der Waals surface area contributed by atoms with Crippen LogP contribution < -0.4 is 5.32 Å². The molecule has 0 saturated carbocycles. The zero-order chi connectivity index (χ0) is 12.0. The summed E-state index contributed by atoms with van der Waals surface area (Å²) in [6.45, 7) is 3.14. The second kappa shape index (κ2) is 5.54. The Kier molecular flexibility index (Phi) is 4.07. The highest BCUT2D eigenvalue weighted by molar-refractivity contribution is 5.83. The van der Waals surface area contributed by atoms with E-state index in [9.17, 15) is 9.59 Å². The van der Waals surface area contributed by atoms with Crippen molar-refractivity contribution in [3.63, 3.8) is 0 Å². The third kappa shape index (κ3) is 3.45. The van der Waals surface area contributed by atoms with Crippen molar-refractivity contribution in [1.82, 2.24) is 9.78 Å². The van der Waals surface area contributed by atoms with Gasteiger partial charge in [-0.3, -0.25) is 10.1 Å². The van der Waals surface area contributed by atoms with Crippen LogP contribution in [0.1, 0.15) is 0 Å². The lowest BCUT2D eigenvalue weighted by atomic mass is 10.6. The standard InChI is InChI=1S/C9H11N3O4/c1-2-5-16-9(15)11-7-3-4-10-12(7)6-8(13)14/h2-4H,1,5-6H2,(H,11,15)(H,13,14). The summed E-state index contributed by atoms with van der Waals surface area (Å²) in [6, 6.07) is 1.47. The van der Waals surface area contributed by atoms with Crippen LogP contribution in [0.5, 0.6) is 0 Å². The first-order valence-electron chi connectivity index (χ1n) is 4.41. The molecule has 0 aromatic carbocycles. The molecule has 7 nitrogen and oxygen atoms in total. The van der Waals surface area contributed by atoms with Crippen LogP contribution in [-0.4, -0.2) is 33.6 Å². The van der Waals surface area contributed by atoms with E-state index in [1.54, 1.807) is 0 Å². The Hall–Kier alpha value is -2.31. The average Bonchev–Trinajstić information content (AvgIpc) is 2.62. The van der Waals surface area contributed by atoms with E-state index in [0.29, 0.717) is 0 Å². The summed E-state index contributed by atoms with van der Waals surface area (Å²) in [5.41, 5.74) is 0. The number of aliphatic carboxylic acids is 1. The number of anilines is 1. The summed E-state index contributed by atoms with van der Waals surface area (Å²) < 4.78 is 5.80. The van der Waals surface area contributed by atoms with Crippen LogP contribution in [0.3, 0.4) is 0 Å². The largest absolute Gasteiger partial charge is 0.480 e. The van der Waals surface area contributed by atoms with Crippen molar-refractivity contribution in [1.29, 1.82) is 0 Å². The predicted molar refractivity (Wildman–Crippen MR) is 55.0 cm³/mol. The number of rotatable bonds is 5. The lowest BCUT2D eigenvalue weighted by Gasteiger charge is -2.06. The molecule has 86 valence electrons. The molecule has 16 heavy (non-hydrogen) atoms. The SMILES string of the molecule is C=CCOC(=O)Nc1ccnn1CC(=O)O. The van der Waals surface area contributed by atoms with Crippen LogP contribution in [0.15, 0.2) is 24.9 Å². The molecule has 1 aromatic rings. The maximum absolute atomic E-state index is 11.1. The predicted octanol–water partition coefficient (Wildman–Crippen LogP) is 0.702. The number of carboxylic acid groups (broad SMARTS) is 1. The molecule has 0 aliphatic rings. The minimum atomic E-state index is -1.05. The molecule has 0 saturated heterocycles. The zero-order valence-corrected chi connectivity index (χ0v) is 8.42. The van der Waals surface area contributed by atoms with E-state index in [4.69, 9.17) is 5.11 Å². The van der Waals surface area contributed by atoms with E-state index in [1.807, 2.05) is 0 Å². The van der Waals surface area contributed by atoms with Gasteiger partial charge in [0.15, 0.2) is 0 Å². The van der Waals surface area contributed by atoms with E-state index >= 15 is 0 Å². The second-order valence-corrected chi connectivity index (χ2v) is 2.78. The molecule has 0 bridgehead atoms. The van der Waals surface area contributed by atoms with Gasteiger partial charge in [-0.15, -0.1) is 0 Å². The number of carboxylic acids is 1. The van der Waals surface area contributed by atoms with Gasteiger partial charge in [-0.25, -0.2) is 9.48 Å². The monoisotopic (exact) mass is 225 g/mol. The van der Waals surface area contributed by atoms with Crippen molar-refractivity contribution in [3.8, 4) is 0 Å². The van der Waals surface area contributed by atoms with Crippen molar-refractivity contribution >= 4 is 17.9 Å². The van der Waals surface area contributed by atoms with Crippen molar-refractivity contribution in [2.75, 3.05) is 11.9 Å². The van der Waals surface area contributed by atoms with Gasteiger partial charge in [0.2, 0.25) is 0 Å². The molecule has 0 atom stereocenters. The summed E-state index contributed by atoms with van der Waals surface area (Å²) >= 11 is 0. The molecule has 7 heteroatoms. The van der Waals surface area contributed by atoms with Crippen LogP contribution in [-0.2, 0) is 16.1 Å². The van der Waals surface area contributed by atoms with Gasteiger partial charge >= 0.3 is 12.1 Å². The normalized spacial score (nSPS) is 9.50. The summed E-state index contributed by atoms with van der Waals surface area (Å²) in [5, 5.41) is 14.7. The van der Waals surface area contributed by atoms with Crippen molar-refractivity contribution in [2.24, 2.45) is 0 Å². The fourth-order valence-corrected chi connectivity index (χ4v) is 0.968. The van der Waals surface area contributed by atoms with Gasteiger partial charge in [0, 0.05) is 6.07 Å². The first kappa shape index (κ1) is 11.8. The Morgan fingerprint density at radius 1 is 1.69 bits per heavy atom. The number of nitrogens with one attached hydrogen (secondary N) is 1. The van der Waals surface area contributed by atoms with Crippen molar-refractivity contribution in [2.45, 2.75) is 6.54 Å². The number of carbonyl (C=O) groups excluding carboxylic acids is 1. The first-order chi connectivity index (χ1) is 7.63. The number of hydrogen-bond acceptors (Lipinski definition) is 4. The summed E-state index contributed by atoms with van der Waals surface area (Å²) in [4.78, 5) is 21.6. The quantitative estimate of drug-likeness (QED) is 0.719. The Morgan fingerprint density at radius 2 is 2.44 bits per heavy atom. The number of hydrogen-bond donors (Lipinski definition) is 2. The summed E-state index contributed by atoms with van der Waals surface area (Å²) in [6.07, 6.45) is 2.12. The molecule has 0 radical (unpaired) electrons. The summed E-state index contributed by atoms with van der Waals surface area (Å²) in [7, 11) is 0. The fraction of sp³-hybridized carbons (Fsp3) is 0.222. The Morgan fingerprint density at radius 3 is 3.06 bits per heavy atom. The molecular weight excluding hydrogens is 214 g/mol. The Bertz CT molecular complexity index is 399. The van der Waals surface area contributed by atoms with Gasteiger partial charge in [0.25, 0.3) is 0 Å². The van der Waals surface area contributed by atoms with Gasteiger partial charge in [-0.2, -0.15) is 5.10 Å². The fourth-order valence-electron chi connectivity index (χ4n) is 0.968. The highest BCUT2D eigenvalue weighted by Gasteiger charge is 2.09. The molecule has 0 unspecified atom stereocenters. The second-order valence-electron chi connectivity index (χ2n) is 2.78. The summed E-state index contributed by atoms with van der Waals surface area (Å²) in [5.74, 6) is -0.789. The van der Waals surface area contributed by atoms with Crippen molar-refractivity contribution < 1.29 is 19.4 Å². The number of aromatic nitrogens is 2. The molecule has 0 aliphatic carbocycles. The van der Waals surface area contributed by atoms with Crippen LogP contribution in [0.2, 0.25) is 0 Å². The topological polar surface area (TPSA) is 93.5 Å². The van der Waals surface area contributed by atoms with E-state index < -0.39 is 12.1 Å². The Labute approximate surface area is 91.3 Å². The minimum Gasteiger partial charge on any atom is -0.480 e. The third-order valence-corrected chi connectivity index (χ3v) is 1.56. The molecule has 0 spiro atoms. The molecule has 1 aromatic heterocycles. The molecule has 2 N–H and O–H groups in total. The maximum Gasteiger partial charge on any atom is 0.413 e. The van der Waals surface area contributed by atoms with Gasteiger partial charge < -0.3 is 9.84 Å². The molecule has 0 aliphatic heterocycles. The van der Waals surface area contributed by atoms with Gasteiger partial charge in [0.05, 0.1) is 6.20 Å². The van der Waals surface area contributed by atoms with Crippen LogP contribution in [0.25, 0.3) is 0 Å². The van der Waals surface area contributed by atoms with Crippen molar-refractivity contribution in [3.05, 3.63) is 24.9 Å². The first-order valence-corrected chi connectivity index (χ1v) is 4.41. The number of ether oxygens (including phenoxy) is 1. The van der Waals surface area contributed by atoms with Gasteiger partial charge in [0.1, 0.15) is 19.0 Å². The van der Waals surface area contributed by atoms with Crippen LogP contribution in [0, 0.1) is 0 Å². The van der Waals surface area contributed by atoms with Gasteiger partial charge in [-0.1, -0.05) is 12.7 Å². The molecule has 0 fully saturated rings. The molecular formula is C9H11N3O4. The maximum atomic E-state index is 11.1. The molecule has 1 amide bonds. The van der Waals surface area contributed by atoms with Crippen LogP contribution >= 0.6 is 0 Å².